The fraction of sp³-hybridized carbons (Fsp3) is 0.333. The summed E-state index contributed by atoms with van der Waals surface area (Å²) in [5, 5.41) is 2.94. The molecule has 0 atom stereocenters. The molecule has 1 saturated heterocycles. The highest BCUT2D eigenvalue weighted by Gasteiger charge is 2.37. The Hall–Kier alpha value is -3.55. The topological polar surface area (TPSA) is 86.8 Å². The van der Waals surface area contributed by atoms with E-state index < -0.39 is 11.7 Å². The van der Waals surface area contributed by atoms with Crippen LogP contribution in [0.15, 0.2) is 42.5 Å². The number of piperidine rings is 1. The number of carbonyl (C=O) groups is 4. The predicted octanol–water partition coefficient (Wildman–Crippen LogP) is 2.86. The van der Waals surface area contributed by atoms with E-state index in [0.29, 0.717) is 37.1 Å². The molecule has 4 rings (SSSR count). The number of rotatable bonds is 4. The summed E-state index contributed by atoms with van der Waals surface area (Å²) in [7, 11) is 0. The second-order valence-corrected chi connectivity index (χ2v) is 8.35. The van der Waals surface area contributed by atoms with Gasteiger partial charge in [0.2, 0.25) is 0 Å². The average molecular weight is 437 g/mol. The predicted molar refractivity (Wildman–Crippen MR) is 115 cm³/mol. The van der Waals surface area contributed by atoms with E-state index in [2.05, 4.69) is 5.32 Å². The van der Waals surface area contributed by atoms with Gasteiger partial charge in [0.25, 0.3) is 23.6 Å². The van der Waals surface area contributed by atoms with Gasteiger partial charge in [0.05, 0.1) is 16.7 Å². The van der Waals surface area contributed by atoms with Gasteiger partial charge < -0.3 is 10.2 Å². The molecular weight excluding hydrogens is 413 g/mol. The molecule has 0 unspecified atom stereocenters. The second kappa shape index (κ2) is 8.53. The molecule has 166 valence electrons. The van der Waals surface area contributed by atoms with Crippen molar-refractivity contribution in [2.45, 2.75) is 38.8 Å². The zero-order chi connectivity index (χ0) is 23.0. The molecule has 0 radical (unpaired) electrons. The van der Waals surface area contributed by atoms with Gasteiger partial charge in [-0.05, 0) is 57.0 Å². The Balaban J connectivity index is 1.38. The maximum absolute atomic E-state index is 13.9. The van der Waals surface area contributed by atoms with E-state index in [-0.39, 0.29) is 40.9 Å². The number of halogens is 1. The summed E-state index contributed by atoms with van der Waals surface area (Å²) in [6.45, 7) is 4.33. The number of fused-ring (bicyclic) bond motifs is 1. The van der Waals surface area contributed by atoms with Gasteiger partial charge in [0.15, 0.2) is 0 Å². The number of hydrogen-bond donors (Lipinski definition) is 1. The van der Waals surface area contributed by atoms with Crippen molar-refractivity contribution in [3.63, 3.8) is 0 Å². The lowest BCUT2D eigenvalue weighted by Crippen LogP contribution is -2.46. The van der Waals surface area contributed by atoms with Gasteiger partial charge in [-0.25, -0.2) is 4.39 Å². The van der Waals surface area contributed by atoms with Crippen LogP contribution in [0, 0.1) is 5.82 Å². The van der Waals surface area contributed by atoms with Gasteiger partial charge in [0.1, 0.15) is 5.82 Å². The lowest BCUT2D eigenvalue weighted by Gasteiger charge is -2.32. The highest BCUT2D eigenvalue weighted by molar-refractivity contribution is 6.22. The Bertz CT molecular complexity index is 1110. The fourth-order valence-electron chi connectivity index (χ4n) is 4.17. The Morgan fingerprint density at radius 2 is 1.66 bits per heavy atom. The minimum absolute atomic E-state index is 0.0442. The van der Waals surface area contributed by atoms with Crippen molar-refractivity contribution in [3.8, 4) is 0 Å². The zero-order valence-electron chi connectivity index (χ0n) is 17.9. The van der Waals surface area contributed by atoms with Crippen LogP contribution in [0.25, 0.3) is 0 Å². The Morgan fingerprint density at radius 1 is 1.00 bits per heavy atom. The number of hydrogen-bond acceptors (Lipinski definition) is 4. The molecule has 2 aromatic carbocycles. The van der Waals surface area contributed by atoms with Gasteiger partial charge in [-0.3, -0.25) is 24.1 Å². The highest BCUT2D eigenvalue weighted by atomic mass is 19.1. The van der Waals surface area contributed by atoms with E-state index in [1.54, 1.807) is 30.9 Å². The van der Waals surface area contributed by atoms with Crippen LogP contribution in [0.4, 0.5) is 4.39 Å². The van der Waals surface area contributed by atoms with Crippen molar-refractivity contribution < 1.29 is 23.6 Å². The Kier molecular flexibility index (Phi) is 5.78. The molecule has 2 aliphatic rings. The third-order valence-corrected chi connectivity index (χ3v) is 5.92. The molecule has 1 fully saturated rings. The van der Waals surface area contributed by atoms with Crippen LogP contribution in [-0.2, 0) is 0 Å². The molecular formula is C24H24FN3O4. The first kappa shape index (κ1) is 21.7. The monoisotopic (exact) mass is 437 g/mol. The summed E-state index contributed by atoms with van der Waals surface area (Å²) in [6, 6.07) is 9.99. The second-order valence-electron chi connectivity index (χ2n) is 8.35. The number of amides is 4. The van der Waals surface area contributed by atoms with Crippen LogP contribution in [0.3, 0.4) is 0 Å². The van der Waals surface area contributed by atoms with Crippen LogP contribution < -0.4 is 5.32 Å². The van der Waals surface area contributed by atoms with E-state index in [4.69, 9.17) is 0 Å². The van der Waals surface area contributed by atoms with Crippen LogP contribution in [0.5, 0.6) is 0 Å². The molecule has 0 aliphatic carbocycles. The molecule has 0 saturated carbocycles. The van der Waals surface area contributed by atoms with Crippen LogP contribution in [0.1, 0.15) is 68.1 Å². The summed E-state index contributed by atoms with van der Waals surface area (Å²) in [5.41, 5.74) is 0.894. The smallest absolute Gasteiger partial charge is 0.261 e. The van der Waals surface area contributed by atoms with Gasteiger partial charge in [-0.2, -0.15) is 0 Å². The molecule has 4 amide bonds. The maximum Gasteiger partial charge on any atom is 0.261 e. The maximum atomic E-state index is 13.9. The number of nitrogens with zero attached hydrogens (tertiary/aromatic N) is 2. The molecule has 0 aromatic heterocycles. The van der Waals surface area contributed by atoms with Gasteiger partial charge in [-0.1, -0.05) is 12.1 Å². The van der Waals surface area contributed by atoms with Crippen molar-refractivity contribution >= 4 is 23.6 Å². The van der Waals surface area contributed by atoms with E-state index in [1.165, 1.54) is 35.2 Å². The van der Waals surface area contributed by atoms with Gasteiger partial charge in [0, 0.05) is 30.7 Å². The molecule has 1 N–H and O–H groups in total. The van der Waals surface area contributed by atoms with Crippen molar-refractivity contribution in [3.05, 3.63) is 70.5 Å². The number of benzene rings is 2. The fourth-order valence-corrected chi connectivity index (χ4v) is 4.17. The summed E-state index contributed by atoms with van der Waals surface area (Å²) in [6.07, 6.45) is 1.07. The van der Waals surface area contributed by atoms with E-state index in [9.17, 15) is 23.6 Å². The molecule has 7 nitrogen and oxygen atoms in total. The third kappa shape index (κ3) is 3.88. The average Bonchev–Trinajstić information content (AvgIpc) is 3.03. The number of likely N-dealkylation sites (tertiary alicyclic amines) is 1. The lowest BCUT2D eigenvalue weighted by atomic mass is 10.0. The summed E-state index contributed by atoms with van der Waals surface area (Å²) in [4.78, 5) is 53.0. The SMILES string of the molecule is CC(C)N1C(=O)c2ccc(C(=O)NC3CCN(C(=O)c4ccccc4F)CC3)cc2C1=O. The summed E-state index contributed by atoms with van der Waals surface area (Å²) < 4.78 is 13.9. The van der Waals surface area contributed by atoms with E-state index in [0.717, 1.165) is 0 Å². The summed E-state index contributed by atoms with van der Waals surface area (Å²) in [5.74, 6) is -1.98. The number of imide groups is 1. The Morgan fingerprint density at radius 3 is 2.31 bits per heavy atom. The molecule has 2 heterocycles. The highest BCUT2D eigenvalue weighted by Crippen LogP contribution is 2.26. The standard InChI is InChI=1S/C24H24FN3O4/c1-14(2)28-23(31)17-8-7-15(13-19(17)24(28)32)21(29)26-16-9-11-27(12-10-16)22(30)18-5-3-4-6-20(18)25/h3-8,13-14,16H,9-12H2,1-2H3,(H,26,29). The number of carbonyl (C=O) groups excluding carboxylic acids is 4. The summed E-state index contributed by atoms with van der Waals surface area (Å²) >= 11 is 0. The molecule has 0 spiro atoms. The molecule has 0 bridgehead atoms. The number of nitrogens with one attached hydrogen (secondary N) is 1. The minimum Gasteiger partial charge on any atom is -0.349 e. The van der Waals surface area contributed by atoms with Crippen molar-refractivity contribution in [1.29, 1.82) is 0 Å². The van der Waals surface area contributed by atoms with Gasteiger partial charge >= 0.3 is 0 Å². The van der Waals surface area contributed by atoms with Crippen molar-refractivity contribution in [2.75, 3.05) is 13.1 Å². The third-order valence-electron chi connectivity index (χ3n) is 5.92. The van der Waals surface area contributed by atoms with Crippen LogP contribution in [-0.4, -0.2) is 58.6 Å². The van der Waals surface area contributed by atoms with E-state index >= 15 is 0 Å². The first-order chi connectivity index (χ1) is 15.3. The van der Waals surface area contributed by atoms with Crippen LogP contribution >= 0.6 is 0 Å². The molecule has 8 heteroatoms. The van der Waals surface area contributed by atoms with Crippen molar-refractivity contribution in [2.24, 2.45) is 0 Å². The minimum atomic E-state index is -0.548. The molecule has 2 aromatic rings. The zero-order valence-corrected chi connectivity index (χ0v) is 17.9. The van der Waals surface area contributed by atoms with E-state index in [1.807, 2.05) is 0 Å². The normalized spacial score (nSPS) is 16.5. The lowest BCUT2D eigenvalue weighted by molar-refractivity contribution is 0.0607. The Labute approximate surface area is 185 Å². The van der Waals surface area contributed by atoms with Crippen molar-refractivity contribution in [1.82, 2.24) is 15.1 Å². The first-order valence-electron chi connectivity index (χ1n) is 10.6. The van der Waals surface area contributed by atoms with Crippen LogP contribution in [0.2, 0.25) is 0 Å². The molecule has 2 aliphatic heterocycles. The largest absolute Gasteiger partial charge is 0.349 e. The molecule has 32 heavy (non-hydrogen) atoms. The first-order valence-corrected chi connectivity index (χ1v) is 10.6. The van der Waals surface area contributed by atoms with Gasteiger partial charge in [-0.15, -0.1) is 0 Å². The quantitative estimate of drug-likeness (QED) is 0.746.